The minimum Gasteiger partial charge on any atom is -0.356 e. The molecule has 134 valence electrons. The molecule has 3 aromatic heterocycles. The smallest absolute Gasteiger partial charge is 0.197 e. The summed E-state index contributed by atoms with van der Waals surface area (Å²) in [5.74, 6) is 0.807. The highest BCUT2D eigenvalue weighted by atomic mass is 32.1. The first-order valence-corrected chi connectivity index (χ1v) is 10.4. The van der Waals surface area contributed by atoms with Crippen LogP contribution in [0.5, 0.6) is 0 Å². The van der Waals surface area contributed by atoms with Crippen LogP contribution >= 0.6 is 22.7 Å². The van der Waals surface area contributed by atoms with Crippen LogP contribution in [0.3, 0.4) is 0 Å². The van der Waals surface area contributed by atoms with Gasteiger partial charge in [-0.25, -0.2) is 9.97 Å². The molecule has 0 fully saturated rings. The van der Waals surface area contributed by atoms with Gasteiger partial charge in [0.25, 0.3) is 0 Å². The van der Waals surface area contributed by atoms with Crippen LogP contribution in [0.4, 0.5) is 5.13 Å². The lowest BCUT2D eigenvalue weighted by Gasteiger charge is -2.13. The third-order valence-corrected chi connectivity index (χ3v) is 5.65. The van der Waals surface area contributed by atoms with Crippen LogP contribution < -0.4 is 10.6 Å². The van der Waals surface area contributed by atoms with E-state index in [2.05, 4.69) is 43.1 Å². The van der Waals surface area contributed by atoms with Crippen molar-refractivity contribution in [3.8, 4) is 11.4 Å². The van der Waals surface area contributed by atoms with Crippen molar-refractivity contribution in [1.29, 1.82) is 0 Å². The number of nitrogens with one attached hydrogen (secondary N) is 2. The van der Waals surface area contributed by atoms with E-state index in [4.69, 9.17) is 4.98 Å². The monoisotopic (exact) mass is 384 g/mol. The fourth-order valence-electron chi connectivity index (χ4n) is 2.68. The molecule has 1 aliphatic heterocycles. The highest BCUT2D eigenvalue weighted by Gasteiger charge is 2.11. The summed E-state index contributed by atoms with van der Waals surface area (Å²) >= 11 is 3.25. The molecule has 0 aromatic carbocycles. The molecule has 4 rings (SSSR count). The van der Waals surface area contributed by atoms with Crippen LogP contribution in [0, 0.1) is 6.92 Å². The van der Waals surface area contributed by atoms with Gasteiger partial charge in [0.2, 0.25) is 0 Å². The predicted octanol–water partition coefficient (Wildman–Crippen LogP) is 3.52. The van der Waals surface area contributed by atoms with Crippen molar-refractivity contribution in [2.24, 2.45) is 4.99 Å². The Balaban J connectivity index is 1.39. The average Bonchev–Trinajstić information content (AvgIpc) is 3.30. The largest absolute Gasteiger partial charge is 0.356 e. The number of anilines is 1. The zero-order valence-corrected chi connectivity index (χ0v) is 16.2. The first kappa shape index (κ1) is 17.1. The number of nitrogens with zero attached hydrogens (tertiary/aromatic N) is 4. The van der Waals surface area contributed by atoms with E-state index in [0.29, 0.717) is 0 Å². The van der Waals surface area contributed by atoms with Gasteiger partial charge < -0.3 is 10.6 Å². The second-order valence-electron chi connectivity index (χ2n) is 6.07. The van der Waals surface area contributed by atoms with Gasteiger partial charge in [0.05, 0.1) is 5.01 Å². The number of rotatable bonds is 5. The molecule has 6 nitrogen and oxygen atoms in total. The highest BCUT2D eigenvalue weighted by Crippen LogP contribution is 2.26. The third kappa shape index (κ3) is 4.25. The molecule has 8 heteroatoms. The molecule has 0 atom stereocenters. The average molecular weight is 385 g/mol. The van der Waals surface area contributed by atoms with Crippen molar-refractivity contribution in [2.45, 2.75) is 26.2 Å². The summed E-state index contributed by atoms with van der Waals surface area (Å²) in [6, 6.07) is 6.15. The van der Waals surface area contributed by atoms with E-state index >= 15 is 0 Å². The molecule has 0 bridgehead atoms. The zero-order chi connectivity index (χ0) is 17.8. The molecule has 3 aromatic rings. The Labute approximate surface area is 160 Å². The van der Waals surface area contributed by atoms with Crippen LogP contribution in [0.2, 0.25) is 0 Å². The lowest BCUT2D eigenvalue weighted by Crippen LogP contribution is -2.35. The minimum atomic E-state index is 0.807. The van der Waals surface area contributed by atoms with Gasteiger partial charge in [0, 0.05) is 41.7 Å². The van der Waals surface area contributed by atoms with Crippen molar-refractivity contribution in [2.75, 3.05) is 18.4 Å². The number of pyridine rings is 1. The first-order chi connectivity index (χ1) is 12.8. The summed E-state index contributed by atoms with van der Waals surface area (Å²) in [5.41, 5.74) is 4.01. The lowest BCUT2D eigenvalue weighted by atomic mass is 10.2. The summed E-state index contributed by atoms with van der Waals surface area (Å²) in [5, 5.41) is 12.6. The Bertz CT molecular complexity index is 914. The number of aromatic nitrogens is 3. The first-order valence-electron chi connectivity index (χ1n) is 8.64. The van der Waals surface area contributed by atoms with E-state index in [1.54, 1.807) is 22.7 Å². The second kappa shape index (κ2) is 7.92. The second-order valence-corrected chi connectivity index (χ2v) is 7.87. The van der Waals surface area contributed by atoms with Gasteiger partial charge in [-0.05, 0) is 31.9 Å². The van der Waals surface area contributed by atoms with Crippen molar-refractivity contribution in [3.63, 3.8) is 0 Å². The SMILES string of the molecule is Cc1cccc(CCc2nc(-c3csc(NC4=NCCCN4)n3)cs2)n1. The summed E-state index contributed by atoms with van der Waals surface area (Å²) in [6.07, 6.45) is 2.88. The van der Waals surface area contributed by atoms with Crippen molar-refractivity contribution < 1.29 is 0 Å². The van der Waals surface area contributed by atoms with Crippen LogP contribution in [0.15, 0.2) is 34.0 Å². The van der Waals surface area contributed by atoms with E-state index < -0.39 is 0 Å². The molecule has 26 heavy (non-hydrogen) atoms. The maximum atomic E-state index is 4.74. The highest BCUT2D eigenvalue weighted by molar-refractivity contribution is 7.14. The number of thiazole rings is 2. The van der Waals surface area contributed by atoms with Gasteiger partial charge in [-0.1, -0.05) is 6.07 Å². The van der Waals surface area contributed by atoms with Crippen LogP contribution in [0.1, 0.15) is 22.8 Å². The molecule has 1 aliphatic rings. The maximum Gasteiger partial charge on any atom is 0.197 e. The molecule has 0 saturated carbocycles. The number of hydrogen-bond acceptors (Lipinski definition) is 8. The zero-order valence-electron chi connectivity index (χ0n) is 14.5. The fourth-order valence-corrected chi connectivity index (χ4v) is 4.18. The Hall–Kier alpha value is -2.32. The predicted molar refractivity (Wildman–Crippen MR) is 108 cm³/mol. The van der Waals surface area contributed by atoms with Gasteiger partial charge in [-0.3, -0.25) is 9.98 Å². The Morgan fingerprint density at radius 2 is 1.96 bits per heavy atom. The molecular formula is C18H20N6S2. The number of aryl methyl sites for hydroxylation is 3. The standard InChI is InChI=1S/C18H20N6S2/c1-12-4-2-5-13(21-12)6-7-16-22-14(10-25-16)15-11-26-18(23-15)24-17-19-8-3-9-20-17/h2,4-5,10-11H,3,6-9H2,1H3,(H2,19,20,23,24). The lowest BCUT2D eigenvalue weighted by molar-refractivity contribution is 0.740. The number of guanidine groups is 1. The van der Waals surface area contributed by atoms with Gasteiger partial charge in [-0.15, -0.1) is 22.7 Å². The number of hydrogen-bond donors (Lipinski definition) is 2. The van der Waals surface area contributed by atoms with Gasteiger partial charge in [0.1, 0.15) is 11.4 Å². The fraction of sp³-hybridized carbons (Fsp3) is 0.333. The van der Waals surface area contributed by atoms with E-state index in [-0.39, 0.29) is 0 Å². The van der Waals surface area contributed by atoms with Gasteiger partial charge in [0.15, 0.2) is 11.1 Å². The molecule has 0 aliphatic carbocycles. The molecule has 0 saturated heterocycles. The summed E-state index contributed by atoms with van der Waals surface area (Å²) in [7, 11) is 0. The van der Waals surface area contributed by atoms with E-state index in [9.17, 15) is 0 Å². The van der Waals surface area contributed by atoms with Crippen LogP contribution in [-0.2, 0) is 12.8 Å². The van der Waals surface area contributed by atoms with E-state index in [1.165, 1.54) is 0 Å². The van der Waals surface area contributed by atoms with Crippen molar-refractivity contribution >= 4 is 33.8 Å². The maximum absolute atomic E-state index is 4.74. The Kier molecular flexibility index (Phi) is 5.21. The molecule has 0 unspecified atom stereocenters. The van der Waals surface area contributed by atoms with E-state index in [0.717, 1.165) is 71.2 Å². The molecule has 0 radical (unpaired) electrons. The number of aliphatic imine (C=N–C) groups is 1. The third-order valence-electron chi connectivity index (χ3n) is 3.98. The molecule has 0 spiro atoms. The topological polar surface area (TPSA) is 75.1 Å². The van der Waals surface area contributed by atoms with Crippen molar-refractivity contribution in [3.05, 3.63) is 45.4 Å². The van der Waals surface area contributed by atoms with Crippen molar-refractivity contribution in [1.82, 2.24) is 20.3 Å². The Morgan fingerprint density at radius 1 is 1.08 bits per heavy atom. The minimum absolute atomic E-state index is 0.807. The molecule has 4 heterocycles. The van der Waals surface area contributed by atoms with Gasteiger partial charge in [-0.2, -0.15) is 0 Å². The molecule has 2 N–H and O–H groups in total. The Morgan fingerprint density at radius 3 is 2.81 bits per heavy atom. The quantitative estimate of drug-likeness (QED) is 0.704. The summed E-state index contributed by atoms with van der Waals surface area (Å²) in [6.45, 7) is 3.83. The van der Waals surface area contributed by atoms with E-state index in [1.807, 2.05) is 18.4 Å². The van der Waals surface area contributed by atoms with Crippen LogP contribution in [-0.4, -0.2) is 34.0 Å². The molecular weight excluding hydrogens is 364 g/mol. The normalized spacial score (nSPS) is 14.0. The molecule has 0 amide bonds. The van der Waals surface area contributed by atoms with Gasteiger partial charge >= 0.3 is 0 Å². The summed E-state index contributed by atoms with van der Waals surface area (Å²) < 4.78 is 0. The van der Waals surface area contributed by atoms with Crippen LogP contribution in [0.25, 0.3) is 11.4 Å². The summed E-state index contributed by atoms with van der Waals surface area (Å²) in [4.78, 5) is 18.3.